The fourth-order valence-corrected chi connectivity index (χ4v) is 2.23. The van der Waals surface area contributed by atoms with E-state index < -0.39 is 0 Å². The van der Waals surface area contributed by atoms with E-state index >= 15 is 0 Å². The Morgan fingerprint density at radius 3 is 2.93 bits per heavy atom. The zero-order valence-corrected chi connectivity index (χ0v) is 10.1. The van der Waals surface area contributed by atoms with Crippen molar-refractivity contribution in [2.45, 2.75) is 19.3 Å². The van der Waals surface area contributed by atoms with E-state index in [1.807, 2.05) is 12.1 Å². The highest BCUT2D eigenvalue weighted by Gasteiger charge is 2.15. The Labute approximate surface area is 96.9 Å². The lowest BCUT2D eigenvalue weighted by Crippen LogP contribution is -2.09. The van der Waals surface area contributed by atoms with Gasteiger partial charge >= 0.3 is 0 Å². The minimum Gasteiger partial charge on any atom is -0.496 e. The molecule has 1 heterocycles. The van der Waals surface area contributed by atoms with Crippen molar-refractivity contribution < 1.29 is 9.53 Å². The van der Waals surface area contributed by atoms with E-state index in [9.17, 15) is 4.79 Å². The van der Waals surface area contributed by atoms with Crippen molar-refractivity contribution in [1.82, 2.24) is 0 Å². The van der Waals surface area contributed by atoms with Crippen molar-refractivity contribution in [1.29, 1.82) is 0 Å². The van der Waals surface area contributed by atoms with Gasteiger partial charge in [-0.25, -0.2) is 0 Å². The Balaban J connectivity index is 2.44. The highest BCUT2D eigenvalue weighted by atomic mass is 79.9. The number of amides is 1. The molecule has 0 aromatic heterocycles. The lowest BCUT2D eigenvalue weighted by molar-refractivity contribution is -0.116. The third kappa shape index (κ3) is 2.15. The number of carbonyl (C=O) groups excluding carboxylic acids is 1. The molecule has 1 N–H and O–H groups in total. The number of fused-ring (bicyclic) bond motifs is 1. The number of nitrogens with one attached hydrogen (secondary N) is 1. The summed E-state index contributed by atoms with van der Waals surface area (Å²) in [7, 11) is 1.64. The van der Waals surface area contributed by atoms with Crippen LogP contribution in [0.1, 0.15) is 18.4 Å². The number of hydrogen-bond acceptors (Lipinski definition) is 2. The first-order chi connectivity index (χ1) is 7.20. The molecule has 0 aliphatic carbocycles. The first-order valence-electron chi connectivity index (χ1n) is 4.87. The van der Waals surface area contributed by atoms with Crippen molar-refractivity contribution in [3.05, 3.63) is 22.2 Å². The largest absolute Gasteiger partial charge is 0.496 e. The van der Waals surface area contributed by atoms with Crippen LogP contribution in [-0.2, 0) is 11.2 Å². The molecular formula is C11H12BrNO2. The third-order valence-electron chi connectivity index (χ3n) is 2.50. The summed E-state index contributed by atoms with van der Waals surface area (Å²) < 4.78 is 6.09. The molecule has 0 saturated heterocycles. The molecule has 0 saturated carbocycles. The average Bonchev–Trinajstić information content (AvgIpc) is 2.37. The molecule has 2 rings (SSSR count). The zero-order valence-electron chi connectivity index (χ0n) is 8.47. The molecule has 0 atom stereocenters. The van der Waals surface area contributed by atoms with Gasteiger partial charge < -0.3 is 10.1 Å². The summed E-state index contributed by atoms with van der Waals surface area (Å²) in [4.78, 5) is 11.4. The summed E-state index contributed by atoms with van der Waals surface area (Å²) >= 11 is 3.40. The van der Waals surface area contributed by atoms with Crippen LogP contribution in [0, 0.1) is 0 Å². The summed E-state index contributed by atoms with van der Waals surface area (Å²) in [6.45, 7) is 0. The Bertz CT molecular complexity index is 404. The molecule has 0 bridgehead atoms. The maximum atomic E-state index is 11.4. The minimum atomic E-state index is 0.0887. The molecule has 4 heteroatoms. The Hall–Kier alpha value is -1.03. The van der Waals surface area contributed by atoms with Gasteiger partial charge in [0.25, 0.3) is 0 Å². The smallest absolute Gasteiger partial charge is 0.224 e. The summed E-state index contributed by atoms with van der Waals surface area (Å²) in [6.07, 6.45) is 2.40. The van der Waals surface area contributed by atoms with Gasteiger partial charge in [-0.1, -0.05) is 0 Å². The summed E-state index contributed by atoms with van der Waals surface area (Å²) in [6, 6.07) is 3.88. The van der Waals surface area contributed by atoms with Crippen molar-refractivity contribution in [2.24, 2.45) is 0 Å². The van der Waals surface area contributed by atoms with Crippen molar-refractivity contribution in [2.75, 3.05) is 12.4 Å². The normalized spacial score (nSPS) is 15.2. The van der Waals surface area contributed by atoms with E-state index in [4.69, 9.17) is 4.74 Å². The molecule has 0 unspecified atom stereocenters. The Morgan fingerprint density at radius 1 is 1.40 bits per heavy atom. The molecule has 0 radical (unpaired) electrons. The van der Waals surface area contributed by atoms with Crippen LogP contribution in [0.5, 0.6) is 5.75 Å². The van der Waals surface area contributed by atoms with Crippen LogP contribution in [0.3, 0.4) is 0 Å². The van der Waals surface area contributed by atoms with Crippen LogP contribution in [-0.4, -0.2) is 13.0 Å². The predicted octanol–water partition coefficient (Wildman–Crippen LogP) is 2.73. The zero-order chi connectivity index (χ0) is 10.8. The van der Waals surface area contributed by atoms with Crippen LogP contribution in [0.2, 0.25) is 0 Å². The van der Waals surface area contributed by atoms with E-state index in [1.165, 1.54) is 0 Å². The maximum absolute atomic E-state index is 11.4. The molecule has 80 valence electrons. The average molecular weight is 270 g/mol. The second-order valence-corrected chi connectivity index (χ2v) is 4.40. The Morgan fingerprint density at radius 2 is 2.20 bits per heavy atom. The van der Waals surface area contributed by atoms with Crippen LogP contribution >= 0.6 is 15.9 Å². The highest BCUT2D eigenvalue weighted by Crippen LogP contribution is 2.33. The van der Waals surface area contributed by atoms with Gasteiger partial charge in [0.05, 0.1) is 11.6 Å². The van der Waals surface area contributed by atoms with Gasteiger partial charge in [0.2, 0.25) is 5.91 Å². The van der Waals surface area contributed by atoms with Crippen molar-refractivity contribution in [3.63, 3.8) is 0 Å². The van der Waals surface area contributed by atoms with Gasteiger partial charge in [-0.05, 0) is 46.5 Å². The van der Waals surface area contributed by atoms with Gasteiger partial charge in [-0.3, -0.25) is 4.79 Å². The fraction of sp³-hybridized carbons (Fsp3) is 0.364. The Kier molecular flexibility index (Phi) is 2.95. The fourth-order valence-electron chi connectivity index (χ4n) is 1.73. The lowest BCUT2D eigenvalue weighted by atomic mass is 10.1. The summed E-state index contributed by atoms with van der Waals surface area (Å²) in [5.41, 5.74) is 2.03. The highest BCUT2D eigenvalue weighted by molar-refractivity contribution is 9.10. The van der Waals surface area contributed by atoms with Gasteiger partial charge in [0.1, 0.15) is 5.75 Å². The lowest BCUT2D eigenvalue weighted by Gasteiger charge is -2.10. The molecular weight excluding hydrogens is 258 g/mol. The second-order valence-electron chi connectivity index (χ2n) is 3.55. The monoisotopic (exact) mass is 269 g/mol. The summed E-state index contributed by atoms with van der Waals surface area (Å²) in [5, 5.41) is 2.89. The van der Waals surface area contributed by atoms with E-state index in [-0.39, 0.29) is 5.91 Å². The molecule has 0 fully saturated rings. The van der Waals surface area contributed by atoms with Gasteiger partial charge in [-0.2, -0.15) is 0 Å². The van der Waals surface area contributed by atoms with Crippen LogP contribution in [0.25, 0.3) is 0 Å². The number of anilines is 1. The number of ether oxygens (including phenoxy) is 1. The van der Waals surface area contributed by atoms with Gasteiger partial charge in [0, 0.05) is 12.1 Å². The molecule has 15 heavy (non-hydrogen) atoms. The molecule has 1 amide bonds. The third-order valence-corrected chi connectivity index (χ3v) is 3.12. The SMILES string of the molecule is COc1cc2c(cc1Br)NC(=O)CCC2. The number of methoxy groups -OCH3 is 1. The first-order valence-corrected chi connectivity index (χ1v) is 5.66. The van der Waals surface area contributed by atoms with E-state index in [1.54, 1.807) is 7.11 Å². The van der Waals surface area contributed by atoms with Gasteiger partial charge in [0.15, 0.2) is 0 Å². The molecule has 1 aromatic carbocycles. The second kappa shape index (κ2) is 4.23. The van der Waals surface area contributed by atoms with E-state index in [0.717, 1.165) is 34.3 Å². The molecule has 3 nitrogen and oxygen atoms in total. The van der Waals surface area contributed by atoms with Crippen LogP contribution in [0.4, 0.5) is 5.69 Å². The maximum Gasteiger partial charge on any atom is 0.224 e. The molecule has 1 aliphatic heterocycles. The van der Waals surface area contributed by atoms with E-state index in [2.05, 4.69) is 21.2 Å². The number of halogens is 1. The summed E-state index contributed by atoms with van der Waals surface area (Å²) in [5.74, 6) is 0.899. The first kappa shape index (κ1) is 10.5. The molecule has 1 aliphatic rings. The van der Waals surface area contributed by atoms with Crippen molar-refractivity contribution >= 4 is 27.5 Å². The predicted molar refractivity (Wildman–Crippen MR) is 62.3 cm³/mol. The minimum absolute atomic E-state index is 0.0887. The quantitative estimate of drug-likeness (QED) is 0.852. The van der Waals surface area contributed by atoms with Crippen LogP contribution in [0.15, 0.2) is 16.6 Å². The van der Waals surface area contributed by atoms with E-state index in [0.29, 0.717) is 6.42 Å². The molecule has 1 aromatic rings. The number of carbonyl (C=O) groups is 1. The van der Waals surface area contributed by atoms with Crippen molar-refractivity contribution in [3.8, 4) is 5.75 Å². The van der Waals surface area contributed by atoms with Gasteiger partial charge in [-0.15, -0.1) is 0 Å². The van der Waals surface area contributed by atoms with Crippen LogP contribution < -0.4 is 10.1 Å². The number of rotatable bonds is 1. The topological polar surface area (TPSA) is 38.3 Å². The number of aryl methyl sites for hydroxylation is 1. The standard InChI is InChI=1S/C11H12BrNO2/c1-15-10-5-7-3-2-4-11(14)13-9(7)6-8(10)12/h5-6H,2-4H2,1H3,(H,13,14). The number of hydrogen-bond donors (Lipinski definition) is 1. The molecule has 0 spiro atoms. The number of benzene rings is 1.